The van der Waals surface area contributed by atoms with E-state index in [4.69, 9.17) is 4.74 Å². The van der Waals surface area contributed by atoms with Gasteiger partial charge in [-0.25, -0.2) is 8.91 Å². The molecule has 1 saturated carbocycles. The first-order valence-corrected chi connectivity index (χ1v) is 13.9. The summed E-state index contributed by atoms with van der Waals surface area (Å²) in [6.07, 6.45) is 5.84. The van der Waals surface area contributed by atoms with Gasteiger partial charge in [0, 0.05) is 18.0 Å². The van der Waals surface area contributed by atoms with Crippen LogP contribution in [-0.4, -0.2) is 43.1 Å². The standard InChI is InChI=1S/C31H34FN5O3/c1-3-6-29-27(15-22-10-9-21(16-28(22)32)26-8-5-4-7-23(26)17-33)30(39)36(31-34-19-35-37(29)31)24-11-13-25(14-12-24)40-20(2)18-38/h4-5,7-10,16,19-20,24-25,38H,3,6,11-15,18H2,1-2H3/t20?,24-,25-. The molecular formula is C31H34FN5O3. The molecule has 0 spiro atoms. The smallest absolute Gasteiger partial charge is 0.259 e. The molecule has 208 valence electrons. The number of nitriles is 1. The first kappa shape index (κ1) is 27.7. The number of hydrogen-bond donors (Lipinski definition) is 1. The minimum Gasteiger partial charge on any atom is -0.394 e. The molecule has 0 amide bonds. The highest BCUT2D eigenvalue weighted by Crippen LogP contribution is 2.32. The Bertz CT molecular complexity index is 1600. The highest BCUT2D eigenvalue weighted by atomic mass is 19.1. The summed E-state index contributed by atoms with van der Waals surface area (Å²) in [5.41, 5.74) is 3.29. The highest BCUT2D eigenvalue weighted by molar-refractivity contribution is 5.70. The van der Waals surface area contributed by atoms with Crippen molar-refractivity contribution in [3.8, 4) is 17.2 Å². The predicted molar refractivity (Wildman–Crippen MR) is 150 cm³/mol. The van der Waals surface area contributed by atoms with Crippen LogP contribution in [0.1, 0.15) is 74.4 Å². The van der Waals surface area contributed by atoms with Crippen LogP contribution in [0.2, 0.25) is 0 Å². The molecule has 0 bridgehead atoms. The van der Waals surface area contributed by atoms with Crippen LogP contribution < -0.4 is 5.56 Å². The molecule has 1 N–H and O–H groups in total. The molecule has 0 aliphatic heterocycles. The molecule has 2 heterocycles. The molecule has 1 unspecified atom stereocenters. The van der Waals surface area contributed by atoms with Crippen LogP contribution in [0, 0.1) is 17.1 Å². The van der Waals surface area contributed by atoms with Crippen molar-refractivity contribution in [2.75, 3.05) is 6.61 Å². The van der Waals surface area contributed by atoms with E-state index in [0.717, 1.165) is 37.8 Å². The summed E-state index contributed by atoms with van der Waals surface area (Å²) >= 11 is 0. The number of aliphatic hydroxyl groups is 1. The summed E-state index contributed by atoms with van der Waals surface area (Å²) in [6, 6.07) is 14.1. The molecule has 1 aliphatic carbocycles. The van der Waals surface area contributed by atoms with Gasteiger partial charge >= 0.3 is 0 Å². The van der Waals surface area contributed by atoms with Crippen molar-refractivity contribution in [2.24, 2.45) is 0 Å². The van der Waals surface area contributed by atoms with Gasteiger partial charge in [0.2, 0.25) is 5.78 Å². The first-order valence-electron chi connectivity index (χ1n) is 13.9. The third kappa shape index (κ3) is 5.42. The average molecular weight is 544 g/mol. The Morgan fingerprint density at radius 2 is 1.98 bits per heavy atom. The Kier molecular flexibility index (Phi) is 8.38. The van der Waals surface area contributed by atoms with Crippen LogP contribution in [0.3, 0.4) is 0 Å². The van der Waals surface area contributed by atoms with Gasteiger partial charge in [-0.15, -0.1) is 0 Å². The topological polar surface area (TPSA) is 105 Å². The summed E-state index contributed by atoms with van der Waals surface area (Å²) in [5, 5.41) is 23.3. The number of rotatable bonds is 9. The molecule has 8 nitrogen and oxygen atoms in total. The quantitative estimate of drug-likeness (QED) is 0.319. The van der Waals surface area contributed by atoms with Crippen LogP contribution in [0.25, 0.3) is 16.9 Å². The number of aryl methyl sites for hydroxylation is 1. The van der Waals surface area contributed by atoms with Gasteiger partial charge in [-0.2, -0.15) is 15.3 Å². The van der Waals surface area contributed by atoms with Crippen molar-refractivity contribution >= 4 is 5.78 Å². The summed E-state index contributed by atoms with van der Waals surface area (Å²) in [4.78, 5) is 18.6. The molecule has 9 heteroatoms. The van der Waals surface area contributed by atoms with E-state index in [2.05, 4.69) is 16.2 Å². The van der Waals surface area contributed by atoms with Crippen molar-refractivity contribution < 1.29 is 14.2 Å². The van der Waals surface area contributed by atoms with E-state index in [9.17, 15) is 15.2 Å². The van der Waals surface area contributed by atoms with Gasteiger partial charge in [-0.3, -0.25) is 9.36 Å². The Balaban J connectivity index is 1.51. The zero-order valence-corrected chi connectivity index (χ0v) is 22.9. The second-order valence-corrected chi connectivity index (χ2v) is 10.5. The van der Waals surface area contributed by atoms with Crippen LogP contribution in [0.15, 0.2) is 53.6 Å². The molecule has 0 radical (unpaired) electrons. The van der Waals surface area contributed by atoms with E-state index in [1.807, 2.05) is 19.9 Å². The lowest BCUT2D eigenvalue weighted by atomic mass is 9.92. The Labute approximate surface area is 232 Å². The summed E-state index contributed by atoms with van der Waals surface area (Å²) in [6.45, 7) is 3.86. The van der Waals surface area contributed by atoms with Gasteiger partial charge in [-0.1, -0.05) is 43.7 Å². The number of nitrogens with zero attached hydrogens (tertiary/aromatic N) is 5. The van der Waals surface area contributed by atoms with E-state index in [-0.39, 0.29) is 36.8 Å². The maximum absolute atomic E-state index is 15.5. The predicted octanol–water partition coefficient (Wildman–Crippen LogP) is 4.99. The van der Waals surface area contributed by atoms with Gasteiger partial charge in [-0.05, 0) is 67.9 Å². The van der Waals surface area contributed by atoms with Crippen LogP contribution >= 0.6 is 0 Å². The van der Waals surface area contributed by atoms with E-state index >= 15 is 4.39 Å². The highest BCUT2D eigenvalue weighted by Gasteiger charge is 2.29. The van der Waals surface area contributed by atoms with Crippen LogP contribution in [0.4, 0.5) is 4.39 Å². The third-order valence-electron chi connectivity index (χ3n) is 7.78. The van der Waals surface area contributed by atoms with E-state index < -0.39 is 5.82 Å². The van der Waals surface area contributed by atoms with Gasteiger partial charge in [0.25, 0.3) is 5.56 Å². The number of halogens is 1. The van der Waals surface area contributed by atoms with Crippen molar-refractivity contribution in [2.45, 2.75) is 77.0 Å². The number of ether oxygens (including phenoxy) is 1. The second-order valence-electron chi connectivity index (χ2n) is 10.5. The molecule has 1 fully saturated rings. The lowest BCUT2D eigenvalue weighted by Gasteiger charge is -2.31. The number of fused-ring (bicyclic) bond motifs is 1. The zero-order valence-electron chi connectivity index (χ0n) is 22.9. The van der Waals surface area contributed by atoms with Gasteiger partial charge < -0.3 is 9.84 Å². The minimum absolute atomic E-state index is 0.0234. The van der Waals surface area contributed by atoms with Gasteiger partial charge in [0.05, 0.1) is 36.1 Å². The normalized spacial score (nSPS) is 18.1. The van der Waals surface area contributed by atoms with Crippen LogP contribution in [-0.2, 0) is 17.6 Å². The maximum atomic E-state index is 15.5. The van der Waals surface area contributed by atoms with E-state index in [1.165, 1.54) is 12.4 Å². The SMILES string of the molecule is CCCc1c(Cc2ccc(-c3ccccc3C#N)cc2F)c(=O)n([C@H]2CC[C@H](OC(C)CO)CC2)c2ncnn12. The average Bonchev–Trinajstić information content (AvgIpc) is 3.45. The molecule has 2 aromatic heterocycles. The van der Waals surface area contributed by atoms with Gasteiger partial charge in [0.15, 0.2) is 0 Å². The number of aromatic nitrogens is 4. The monoisotopic (exact) mass is 543 g/mol. The zero-order chi connectivity index (χ0) is 28.2. The Hall–Kier alpha value is -3.87. The van der Waals surface area contributed by atoms with E-state index in [0.29, 0.717) is 40.0 Å². The molecule has 2 aromatic carbocycles. The van der Waals surface area contributed by atoms with Crippen molar-refractivity contribution in [1.29, 1.82) is 5.26 Å². The van der Waals surface area contributed by atoms with Crippen LogP contribution in [0.5, 0.6) is 0 Å². The van der Waals surface area contributed by atoms with E-state index in [1.54, 1.807) is 39.4 Å². The van der Waals surface area contributed by atoms with Crippen molar-refractivity contribution in [1.82, 2.24) is 19.2 Å². The lowest BCUT2D eigenvalue weighted by molar-refractivity contribution is -0.0485. The number of hydrogen-bond acceptors (Lipinski definition) is 6. The van der Waals surface area contributed by atoms with Crippen molar-refractivity contribution in [3.05, 3.63) is 87.3 Å². The number of aliphatic hydroxyl groups excluding tert-OH is 1. The molecule has 0 saturated heterocycles. The summed E-state index contributed by atoms with van der Waals surface area (Å²) in [5.74, 6) is 0.0854. The van der Waals surface area contributed by atoms with Crippen molar-refractivity contribution in [3.63, 3.8) is 0 Å². The molecule has 1 aliphatic rings. The maximum Gasteiger partial charge on any atom is 0.259 e. The molecule has 4 aromatic rings. The second kappa shape index (κ2) is 12.1. The van der Waals surface area contributed by atoms with Gasteiger partial charge in [0.1, 0.15) is 12.1 Å². The third-order valence-corrected chi connectivity index (χ3v) is 7.78. The fraction of sp³-hybridized carbons (Fsp3) is 0.419. The molecule has 1 atom stereocenters. The Morgan fingerprint density at radius 3 is 2.67 bits per heavy atom. The largest absolute Gasteiger partial charge is 0.394 e. The molecule has 40 heavy (non-hydrogen) atoms. The fourth-order valence-electron chi connectivity index (χ4n) is 5.77. The minimum atomic E-state index is -0.423. The first-order chi connectivity index (χ1) is 19.4. The molecular weight excluding hydrogens is 509 g/mol. The lowest BCUT2D eigenvalue weighted by Crippen LogP contribution is -2.35. The Morgan fingerprint density at radius 1 is 1.20 bits per heavy atom. The summed E-state index contributed by atoms with van der Waals surface area (Å²) in [7, 11) is 0. The molecule has 5 rings (SSSR count). The number of benzene rings is 2. The fourth-order valence-corrected chi connectivity index (χ4v) is 5.77. The summed E-state index contributed by atoms with van der Waals surface area (Å²) < 4.78 is 24.9.